The molecule has 0 spiro atoms. The van der Waals surface area contributed by atoms with Crippen LogP contribution in [0.1, 0.15) is 17.8 Å². The highest BCUT2D eigenvalue weighted by molar-refractivity contribution is 7.89. The monoisotopic (exact) mass is 470 g/mol. The van der Waals surface area contributed by atoms with Crippen LogP contribution in [0.3, 0.4) is 0 Å². The van der Waals surface area contributed by atoms with Gasteiger partial charge >= 0.3 is 0 Å². The Balaban J connectivity index is 1.31. The first kappa shape index (κ1) is 21.7. The summed E-state index contributed by atoms with van der Waals surface area (Å²) in [7, 11) is -3.64. The van der Waals surface area contributed by atoms with Gasteiger partial charge in [-0.2, -0.15) is 9.40 Å². The molecule has 1 saturated heterocycles. The van der Waals surface area contributed by atoms with Crippen molar-refractivity contribution in [3.63, 3.8) is 0 Å². The molecule has 3 aromatic rings. The van der Waals surface area contributed by atoms with Gasteiger partial charge in [-0.05, 0) is 32.0 Å². The Kier molecular flexibility index (Phi) is 5.67. The van der Waals surface area contributed by atoms with E-state index in [0.29, 0.717) is 56.7 Å². The normalized spacial score (nSPS) is 17.1. The highest BCUT2D eigenvalue weighted by Gasteiger charge is 2.30. The van der Waals surface area contributed by atoms with Gasteiger partial charge in [0.15, 0.2) is 17.3 Å². The molecule has 33 heavy (non-hydrogen) atoms. The molecule has 1 fully saturated rings. The second-order valence-corrected chi connectivity index (χ2v) is 10.1. The minimum atomic E-state index is -3.64. The zero-order valence-corrected chi connectivity index (χ0v) is 19.5. The lowest BCUT2D eigenvalue weighted by molar-refractivity contribution is 0.296. The van der Waals surface area contributed by atoms with Gasteiger partial charge in [0.2, 0.25) is 10.0 Å². The van der Waals surface area contributed by atoms with Gasteiger partial charge in [-0.25, -0.2) is 23.1 Å². The fourth-order valence-electron chi connectivity index (χ4n) is 4.10. The summed E-state index contributed by atoms with van der Waals surface area (Å²) in [5.41, 5.74) is 1.91. The molecule has 0 aliphatic carbocycles. The summed E-state index contributed by atoms with van der Waals surface area (Å²) in [5.74, 6) is 2.50. The summed E-state index contributed by atoms with van der Waals surface area (Å²) in [6.45, 7) is 6.75. The van der Waals surface area contributed by atoms with Gasteiger partial charge < -0.3 is 14.4 Å². The van der Waals surface area contributed by atoms with Crippen molar-refractivity contribution in [1.29, 1.82) is 0 Å². The maximum Gasteiger partial charge on any atom is 0.243 e. The topological polar surface area (TPSA) is 103 Å². The van der Waals surface area contributed by atoms with Crippen LogP contribution in [-0.2, 0) is 10.0 Å². The number of hydrogen-bond donors (Lipinski definition) is 0. The molecule has 174 valence electrons. The number of piperazine rings is 1. The Bertz CT molecular complexity index is 1270. The fourth-order valence-corrected chi connectivity index (χ4v) is 5.54. The van der Waals surface area contributed by atoms with E-state index in [1.165, 1.54) is 10.6 Å². The first-order valence-electron chi connectivity index (χ1n) is 10.9. The third-order valence-corrected chi connectivity index (χ3v) is 7.68. The smallest absolute Gasteiger partial charge is 0.243 e. The second-order valence-electron chi connectivity index (χ2n) is 8.12. The van der Waals surface area contributed by atoms with Crippen LogP contribution in [0.25, 0.3) is 5.82 Å². The van der Waals surface area contributed by atoms with E-state index in [4.69, 9.17) is 9.47 Å². The van der Waals surface area contributed by atoms with Crippen LogP contribution in [0.5, 0.6) is 11.5 Å². The number of benzene rings is 1. The quantitative estimate of drug-likeness (QED) is 0.570. The van der Waals surface area contributed by atoms with Crippen molar-refractivity contribution in [3.05, 3.63) is 48.0 Å². The average molecular weight is 471 g/mol. The second kappa shape index (κ2) is 8.64. The van der Waals surface area contributed by atoms with Crippen molar-refractivity contribution in [2.24, 2.45) is 0 Å². The molecule has 4 heterocycles. The average Bonchev–Trinajstić information content (AvgIpc) is 3.01. The summed E-state index contributed by atoms with van der Waals surface area (Å²) in [6, 6.07) is 8.69. The van der Waals surface area contributed by atoms with Crippen molar-refractivity contribution < 1.29 is 17.9 Å². The lowest BCUT2D eigenvalue weighted by atomic mass is 10.3. The Labute approximate surface area is 192 Å². The minimum absolute atomic E-state index is 0.217. The van der Waals surface area contributed by atoms with E-state index in [1.807, 2.05) is 26.0 Å². The summed E-state index contributed by atoms with van der Waals surface area (Å²) >= 11 is 0. The molecule has 0 saturated carbocycles. The van der Waals surface area contributed by atoms with Crippen LogP contribution in [0.15, 0.2) is 41.6 Å². The third-order valence-electron chi connectivity index (χ3n) is 5.78. The van der Waals surface area contributed by atoms with Gasteiger partial charge in [0, 0.05) is 50.4 Å². The molecule has 10 nitrogen and oxygen atoms in total. The molecule has 2 aromatic heterocycles. The van der Waals surface area contributed by atoms with Crippen LogP contribution in [-0.4, -0.2) is 71.9 Å². The van der Waals surface area contributed by atoms with E-state index in [2.05, 4.69) is 20.0 Å². The Morgan fingerprint density at radius 1 is 0.879 bits per heavy atom. The first-order chi connectivity index (χ1) is 15.9. The predicted molar refractivity (Wildman–Crippen MR) is 122 cm³/mol. The maximum atomic E-state index is 13.3. The van der Waals surface area contributed by atoms with E-state index in [-0.39, 0.29) is 4.90 Å². The molecule has 0 atom stereocenters. The first-order valence-corrected chi connectivity index (χ1v) is 12.4. The van der Waals surface area contributed by atoms with Crippen molar-refractivity contribution in [2.45, 2.75) is 25.2 Å². The van der Waals surface area contributed by atoms with E-state index in [1.54, 1.807) is 22.9 Å². The van der Waals surface area contributed by atoms with Crippen LogP contribution < -0.4 is 14.4 Å². The Morgan fingerprint density at radius 3 is 2.33 bits per heavy atom. The number of aryl methyl sites for hydroxylation is 2. The molecule has 5 rings (SSSR count). The van der Waals surface area contributed by atoms with Crippen molar-refractivity contribution in [2.75, 3.05) is 44.3 Å². The van der Waals surface area contributed by atoms with Crippen LogP contribution in [0.2, 0.25) is 0 Å². The number of sulfonamides is 1. The molecule has 0 N–H and O–H groups in total. The summed E-state index contributed by atoms with van der Waals surface area (Å²) in [5, 5.41) is 4.48. The molecule has 1 aromatic carbocycles. The lowest BCUT2D eigenvalue weighted by Crippen LogP contribution is -2.49. The molecular weight excluding hydrogens is 444 g/mol. The van der Waals surface area contributed by atoms with Crippen LogP contribution >= 0.6 is 0 Å². The van der Waals surface area contributed by atoms with E-state index in [0.717, 1.165) is 23.6 Å². The number of aromatic nitrogens is 4. The summed E-state index contributed by atoms with van der Waals surface area (Å²) in [6.07, 6.45) is 2.28. The number of anilines is 1. The highest BCUT2D eigenvalue weighted by Crippen LogP contribution is 2.33. The molecular formula is C22H26N6O4S. The molecule has 2 aliphatic rings. The zero-order chi connectivity index (χ0) is 23.0. The predicted octanol–water partition coefficient (Wildman–Crippen LogP) is 1.95. The molecule has 0 amide bonds. The molecule has 0 bridgehead atoms. The van der Waals surface area contributed by atoms with Crippen LogP contribution in [0.4, 0.5) is 5.82 Å². The van der Waals surface area contributed by atoms with Gasteiger partial charge in [-0.15, -0.1) is 0 Å². The maximum absolute atomic E-state index is 13.3. The highest BCUT2D eigenvalue weighted by atomic mass is 32.2. The third kappa shape index (κ3) is 4.25. The number of fused-ring (bicyclic) bond motifs is 1. The SMILES string of the molecule is Cc1cc(C)n(-c2cc(N3CCN(S(=O)(=O)c4ccc5c(c4)OCCCO5)CC3)ncn2)n1. The summed E-state index contributed by atoms with van der Waals surface area (Å²) in [4.78, 5) is 11.0. The van der Waals surface area contributed by atoms with Gasteiger partial charge in [0.05, 0.1) is 23.8 Å². The molecule has 2 aliphatic heterocycles. The molecule has 0 radical (unpaired) electrons. The van der Waals surface area contributed by atoms with E-state index < -0.39 is 10.0 Å². The van der Waals surface area contributed by atoms with Crippen molar-refractivity contribution in [1.82, 2.24) is 24.1 Å². The Hall–Kier alpha value is -3.18. The molecule has 0 unspecified atom stereocenters. The number of rotatable bonds is 4. The van der Waals surface area contributed by atoms with Gasteiger partial charge in [-0.1, -0.05) is 0 Å². The lowest BCUT2D eigenvalue weighted by Gasteiger charge is -2.34. The minimum Gasteiger partial charge on any atom is -0.490 e. The Morgan fingerprint density at radius 2 is 1.61 bits per heavy atom. The molecule has 11 heteroatoms. The summed E-state index contributed by atoms with van der Waals surface area (Å²) < 4.78 is 41.1. The van der Waals surface area contributed by atoms with Crippen molar-refractivity contribution >= 4 is 15.8 Å². The van der Waals surface area contributed by atoms with Gasteiger partial charge in [0.25, 0.3) is 0 Å². The van der Waals surface area contributed by atoms with Crippen molar-refractivity contribution in [3.8, 4) is 17.3 Å². The van der Waals surface area contributed by atoms with Crippen LogP contribution in [0, 0.1) is 13.8 Å². The number of hydrogen-bond acceptors (Lipinski definition) is 8. The van der Waals surface area contributed by atoms with E-state index >= 15 is 0 Å². The number of ether oxygens (including phenoxy) is 2. The standard InChI is InChI=1S/C22H26N6O4S/c1-16-12-17(2)28(25-16)22-14-21(23-15-24-22)26-6-8-27(9-7-26)33(29,30)18-4-5-19-20(13-18)32-11-3-10-31-19/h4-5,12-15H,3,6-11H2,1-2H3. The fraction of sp³-hybridized carbons (Fsp3) is 0.409. The van der Waals surface area contributed by atoms with Gasteiger partial charge in [0.1, 0.15) is 12.1 Å². The zero-order valence-electron chi connectivity index (χ0n) is 18.6. The van der Waals surface area contributed by atoms with Gasteiger partial charge in [-0.3, -0.25) is 0 Å². The number of nitrogens with zero attached hydrogens (tertiary/aromatic N) is 6. The van der Waals surface area contributed by atoms with E-state index in [9.17, 15) is 8.42 Å². The largest absolute Gasteiger partial charge is 0.490 e.